The Balaban J connectivity index is 0.00000132. The molecule has 2 heterocycles. The van der Waals surface area contributed by atoms with E-state index in [0.717, 1.165) is 11.5 Å². The van der Waals surface area contributed by atoms with Crippen LogP contribution in [0.15, 0.2) is 12.1 Å². The second-order valence-electron chi connectivity index (χ2n) is 4.93. The Hall–Kier alpha value is -0.540. The van der Waals surface area contributed by atoms with Crippen LogP contribution in [0.3, 0.4) is 0 Å². The molecule has 1 N–H and O–H groups in total. The summed E-state index contributed by atoms with van der Waals surface area (Å²) in [5, 5.41) is 0. The Morgan fingerprint density at radius 1 is 1.26 bits per heavy atom. The molecule has 2 aliphatic heterocycles. The summed E-state index contributed by atoms with van der Waals surface area (Å²) in [7, 11) is 0. The Bertz CT molecular complexity index is 579. The minimum absolute atomic E-state index is 0. The number of thioether (sulfide) groups is 1. The first kappa shape index (κ1) is 20.5. The van der Waals surface area contributed by atoms with Gasteiger partial charge in [0, 0.05) is 24.3 Å². The Labute approximate surface area is 158 Å². The zero-order valence-corrected chi connectivity index (χ0v) is 15.6. The molecule has 1 aromatic carbocycles. The average molecular weight is 356 g/mol. The van der Waals surface area contributed by atoms with Crippen LogP contribution in [0.2, 0.25) is 0 Å². The number of alkyl halides is 2. The Morgan fingerprint density at radius 2 is 1.87 bits per heavy atom. The normalized spacial score (nSPS) is 17.4. The molecule has 0 aliphatic carbocycles. The van der Waals surface area contributed by atoms with Gasteiger partial charge in [-0.2, -0.15) is 20.5 Å². The number of hydrogen-bond acceptors (Lipinski definition) is 6. The maximum absolute atomic E-state index is 12.5. The molecule has 1 spiro atoms. The van der Waals surface area contributed by atoms with Gasteiger partial charge in [-0.15, -0.1) is 0 Å². The third-order valence-corrected chi connectivity index (χ3v) is 4.49. The molecule has 0 amide bonds. The number of hydrogen-bond donors (Lipinski definition) is 0. The van der Waals surface area contributed by atoms with Gasteiger partial charge in [-0.25, -0.2) is 0 Å². The summed E-state index contributed by atoms with van der Waals surface area (Å²) in [4.78, 5) is 11.7. The van der Waals surface area contributed by atoms with Crippen molar-refractivity contribution in [3.05, 3.63) is 17.7 Å². The van der Waals surface area contributed by atoms with Crippen molar-refractivity contribution in [2.45, 2.75) is 32.2 Å². The number of ether oxygens (including phenoxy) is 3. The van der Waals surface area contributed by atoms with Crippen LogP contribution in [-0.2, 0) is 0 Å². The summed E-state index contributed by atoms with van der Waals surface area (Å²) in [5.41, 5.74) is 0.321. The van der Waals surface area contributed by atoms with E-state index in [2.05, 4.69) is 4.74 Å². The van der Waals surface area contributed by atoms with Crippen LogP contribution in [-0.4, -0.2) is 35.2 Å². The van der Waals surface area contributed by atoms with E-state index in [9.17, 15) is 13.6 Å². The van der Waals surface area contributed by atoms with Gasteiger partial charge >= 0.3 is 36.2 Å². The summed E-state index contributed by atoms with van der Waals surface area (Å²) >= 11 is 1.78. The number of carbonyl (C=O) groups excluding carboxylic acids is 1. The molecule has 0 saturated carbocycles. The van der Waals surface area contributed by atoms with E-state index in [-0.39, 0.29) is 58.1 Å². The summed E-state index contributed by atoms with van der Waals surface area (Å²) in [6, 6.07) is 2.75. The molecule has 122 valence electrons. The molecule has 1 saturated heterocycles. The summed E-state index contributed by atoms with van der Waals surface area (Å²) in [6.45, 7) is -1.56. The molecule has 2 aliphatic rings. The smallest absolute Gasteiger partial charge is 0.870 e. The van der Waals surface area contributed by atoms with E-state index in [1.54, 1.807) is 11.8 Å². The molecular formula is C14H15F2NaO5S. The number of rotatable bonds is 3. The summed E-state index contributed by atoms with van der Waals surface area (Å²) < 4.78 is 41.1. The van der Waals surface area contributed by atoms with E-state index >= 15 is 0 Å². The van der Waals surface area contributed by atoms with Crippen LogP contribution >= 0.6 is 11.8 Å². The maximum Gasteiger partial charge on any atom is 1.00 e. The molecule has 0 atom stereocenters. The second kappa shape index (κ2) is 8.02. The van der Waals surface area contributed by atoms with Gasteiger partial charge in [0.25, 0.3) is 5.79 Å². The van der Waals surface area contributed by atoms with E-state index < -0.39 is 12.4 Å². The second-order valence-corrected chi connectivity index (χ2v) is 6.16. The third-order valence-electron chi connectivity index (χ3n) is 3.50. The van der Waals surface area contributed by atoms with E-state index in [1.165, 1.54) is 19.1 Å². The molecule has 9 heteroatoms. The molecule has 1 fully saturated rings. The van der Waals surface area contributed by atoms with Gasteiger partial charge in [-0.1, -0.05) is 0 Å². The van der Waals surface area contributed by atoms with E-state index in [4.69, 9.17) is 9.47 Å². The van der Waals surface area contributed by atoms with Gasteiger partial charge in [0.1, 0.15) is 0 Å². The van der Waals surface area contributed by atoms with Crippen LogP contribution in [0, 0.1) is 0 Å². The number of halogens is 2. The van der Waals surface area contributed by atoms with Crippen molar-refractivity contribution in [1.29, 1.82) is 0 Å². The van der Waals surface area contributed by atoms with Crippen molar-refractivity contribution < 1.29 is 62.8 Å². The van der Waals surface area contributed by atoms with Gasteiger partial charge in [0.05, 0.1) is 5.56 Å². The fourth-order valence-corrected chi connectivity index (χ4v) is 3.60. The predicted molar refractivity (Wildman–Crippen MR) is 75.6 cm³/mol. The number of ketones is 1. The molecule has 5 nitrogen and oxygen atoms in total. The first-order chi connectivity index (χ1) is 10.0. The quantitative estimate of drug-likeness (QED) is 0.573. The topological polar surface area (TPSA) is 74.8 Å². The van der Waals surface area contributed by atoms with Crippen LogP contribution in [0.4, 0.5) is 8.78 Å². The first-order valence-corrected chi connectivity index (χ1v) is 7.75. The van der Waals surface area contributed by atoms with Crippen LogP contribution in [0.25, 0.3) is 0 Å². The van der Waals surface area contributed by atoms with Gasteiger partial charge in [-0.3, -0.25) is 4.79 Å². The monoisotopic (exact) mass is 356 g/mol. The number of Topliss-reactive ketones (excluding diaryl/α,β-unsaturated/α-hetero) is 1. The van der Waals surface area contributed by atoms with Crippen LogP contribution < -0.4 is 43.8 Å². The van der Waals surface area contributed by atoms with Crippen molar-refractivity contribution in [2.75, 3.05) is 11.5 Å². The van der Waals surface area contributed by atoms with E-state index in [1.807, 2.05) is 0 Å². The van der Waals surface area contributed by atoms with Gasteiger partial charge in [0.15, 0.2) is 17.3 Å². The number of fused-ring (bicyclic) bond motifs is 1. The molecular weight excluding hydrogens is 341 g/mol. The van der Waals surface area contributed by atoms with Gasteiger partial charge in [0.2, 0.25) is 5.75 Å². The zero-order chi connectivity index (χ0) is 15.0. The minimum Gasteiger partial charge on any atom is -0.870 e. The molecule has 0 unspecified atom stereocenters. The molecule has 0 radical (unpaired) electrons. The van der Waals surface area contributed by atoms with Crippen LogP contribution in [0.5, 0.6) is 17.2 Å². The SMILES string of the molecule is CC(=O)c1ccc(OC(F)F)c2c1OC1(CCSCC1)O2.[Na+].[OH-]. The van der Waals surface area contributed by atoms with Gasteiger partial charge < -0.3 is 19.7 Å². The van der Waals surface area contributed by atoms with E-state index in [0.29, 0.717) is 18.4 Å². The molecule has 1 aromatic rings. The average Bonchev–Trinajstić information content (AvgIpc) is 2.78. The van der Waals surface area contributed by atoms with Crippen molar-refractivity contribution in [3.63, 3.8) is 0 Å². The molecule has 0 bridgehead atoms. The standard InChI is InChI=1S/C14H14F2O4S.Na.H2O/c1-8(17)9-2-3-10(18-13(15)16)12-11(9)19-14(20-12)4-6-21-7-5-14;;/h2-3,13H,4-7H2,1H3;;1H2/q;+1;/p-1. The third kappa shape index (κ3) is 4.11. The Kier molecular flexibility index (Phi) is 7.15. The number of benzene rings is 1. The fraction of sp³-hybridized carbons (Fsp3) is 0.500. The summed E-state index contributed by atoms with van der Waals surface area (Å²) in [5.74, 6) is 0.866. The molecule has 3 rings (SSSR count). The van der Waals surface area contributed by atoms with Crippen molar-refractivity contribution in [2.24, 2.45) is 0 Å². The van der Waals surface area contributed by atoms with Crippen molar-refractivity contribution in [1.82, 2.24) is 0 Å². The predicted octanol–water partition coefficient (Wildman–Crippen LogP) is 0.312. The minimum atomic E-state index is -2.96. The van der Waals surface area contributed by atoms with Gasteiger partial charge in [-0.05, 0) is 19.1 Å². The number of carbonyl (C=O) groups is 1. The summed E-state index contributed by atoms with van der Waals surface area (Å²) in [6.07, 6.45) is 1.27. The largest absolute Gasteiger partial charge is 1.00 e. The fourth-order valence-electron chi connectivity index (χ4n) is 2.49. The zero-order valence-electron chi connectivity index (χ0n) is 12.8. The maximum atomic E-state index is 12.5. The first-order valence-electron chi connectivity index (χ1n) is 6.59. The Morgan fingerprint density at radius 3 is 2.43 bits per heavy atom. The van der Waals surface area contributed by atoms with Crippen molar-refractivity contribution in [3.8, 4) is 17.2 Å². The molecule has 0 aromatic heterocycles. The van der Waals surface area contributed by atoms with Crippen LogP contribution in [0.1, 0.15) is 30.1 Å². The molecule has 23 heavy (non-hydrogen) atoms. The van der Waals surface area contributed by atoms with Crippen molar-refractivity contribution >= 4 is 17.5 Å².